The number of phenolic OH excluding ortho intramolecular Hbond substituents is 1. The lowest BCUT2D eigenvalue weighted by Crippen LogP contribution is -2.26. The molecule has 0 bridgehead atoms. The van der Waals surface area contributed by atoms with Crippen molar-refractivity contribution in [3.63, 3.8) is 0 Å². The highest BCUT2D eigenvalue weighted by molar-refractivity contribution is 7.92. The van der Waals surface area contributed by atoms with Crippen LogP contribution in [0.5, 0.6) is 5.75 Å². The maximum absolute atomic E-state index is 13.5. The van der Waals surface area contributed by atoms with Crippen molar-refractivity contribution in [2.75, 3.05) is 5.75 Å². The minimum Gasteiger partial charge on any atom is -0.507 e. The average Bonchev–Trinajstić information content (AvgIpc) is 2.85. The minimum absolute atomic E-state index is 0.00761. The molecule has 0 radical (unpaired) electrons. The van der Waals surface area contributed by atoms with E-state index in [4.69, 9.17) is 0 Å². The third-order valence-electron chi connectivity index (χ3n) is 7.31. The fourth-order valence-corrected chi connectivity index (χ4v) is 6.82. The summed E-state index contributed by atoms with van der Waals surface area (Å²) >= 11 is 0. The molecule has 2 rings (SSSR count). The molecule has 206 valence electrons. The van der Waals surface area contributed by atoms with Crippen LogP contribution >= 0.6 is 0 Å². The molecule has 0 saturated carbocycles. The van der Waals surface area contributed by atoms with Crippen LogP contribution in [0.4, 0.5) is 4.39 Å². The number of halogens is 1. The van der Waals surface area contributed by atoms with Crippen molar-refractivity contribution in [3.8, 4) is 5.75 Å². The summed E-state index contributed by atoms with van der Waals surface area (Å²) in [5.41, 5.74) is 3.49. The molecule has 2 aromatic rings. The molecule has 0 aromatic heterocycles. The number of hydrogen-bond donors (Lipinski definition) is 1. The lowest BCUT2D eigenvalue weighted by molar-refractivity contribution is -0.118. The number of benzene rings is 2. The Kier molecular flexibility index (Phi) is 12.8. The number of Topliss-reactive ketones (excluding diaryl/α,β-unsaturated/α-hetero) is 1. The molecule has 0 fully saturated rings. The van der Waals surface area contributed by atoms with E-state index in [1.54, 1.807) is 44.2 Å². The summed E-state index contributed by atoms with van der Waals surface area (Å²) in [6, 6.07) is 10.6. The summed E-state index contributed by atoms with van der Waals surface area (Å²) < 4.78 is 39.7. The first kappa shape index (κ1) is 31.0. The number of sulfone groups is 1. The van der Waals surface area contributed by atoms with E-state index in [-0.39, 0.29) is 23.7 Å². The number of aromatic hydroxyl groups is 1. The quantitative estimate of drug-likeness (QED) is 0.211. The number of hydrogen-bond acceptors (Lipinski definition) is 4. The van der Waals surface area contributed by atoms with Crippen molar-refractivity contribution in [1.82, 2.24) is 0 Å². The maximum atomic E-state index is 13.5. The number of rotatable bonds is 17. The van der Waals surface area contributed by atoms with Gasteiger partial charge in [-0.2, -0.15) is 0 Å². The van der Waals surface area contributed by atoms with E-state index in [9.17, 15) is 22.7 Å². The van der Waals surface area contributed by atoms with Gasteiger partial charge in [0.2, 0.25) is 0 Å². The van der Waals surface area contributed by atoms with Crippen molar-refractivity contribution in [2.24, 2.45) is 0 Å². The molecule has 6 heteroatoms. The number of carbonyl (C=O) groups is 1. The van der Waals surface area contributed by atoms with Crippen LogP contribution in [0.1, 0.15) is 104 Å². The van der Waals surface area contributed by atoms with Gasteiger partial charge in [-0.25, -0.2) is 12.8 Å². The monoisotopic (exact) mass is 532 g/mol. The van der Waals surface area contributed by atoms with E-state index < -0.39 is 21.3 Å². The van der Waals surface area contributed by atoms with Gasteiger partial charge in [-0.3, -0.25) is 4.79 Å². The Labute approximate surface area is 223 Å². The summed E-state index contributed by atoms with van der Waals surface area (Å²) in [6.45, 7) is 7.06. The van der Waals surface area contributed by atoms with Crippen LogP contribution in [0.2, 0.25) is 0 Å². The molecular formula is C31H45FO4S. The van der Waals surface area contributed by atoms with Crippen molar-refractivity contribution in [1.29, 1.82) is 0 Å². The maximum Gasteiger partial charge on any atom is 0.164 e. The number of unbranched alkanes of at least 4 members (excludes halogenated alkanes) is 8. The standard InChI is InChI=1S/C31H45FO4S/c1-23-21-28(25(3)26(4)30(23)34)22-29(33)31(27-18-14-12-15-19-27)37(35,36)20-16-11-9-7-5-6-8-10-13-17-24(2)32/h12,14-15,18-19,21,24,31,34H,5-11,13,16-17,20,22H2,1-4H3/t24?,31-/m0/s1. The van der Waals surface area contributed by atoms with Crippen LogP contribution in [0.25, 0.3) is 0 Å². The second kappa shape index (κ2) is 15.3. The van der Waals surface area contributed by atoms with Gasteiger partial charge in [-0.15, -0.1) is 0 Å². The molecule has 37 heavy (non-hydrogen) atoms. The van der Waals surface area contributed by atoms with Gasteiger partial charge in [-0.1, -0.05) is 87.8 Å². The van der Waals surface area contributed by atoms with Crippen LogP contribution in [0.15, 0.2) is 36.4 Å². The van der Waals surface area contributed by atoms with Gasteiger partial charge in [0.05, 0.1) is 11.9 Å². The largest absolute Gasteiger partial charge is 0.507 e. The molecule has 2 aromatic carbocycles. The van der Waals surface area contributed by atoms with Crippen molar-refractivity contribution < 1.29 is 22.7 Å². The topological polar surface area (TPSA) is 71.4 Å². The molecule has 0 aliphatic heterocycles. The minimum atomic E-state index is -3.68. The fraction of sp³-hybridized carbons (Fsp3) is 0.581. The first-order valence-electron chi connectivity index (χ1n) is 13.8. The SMILES string of the molecule is Cc1cc(CC(=O)[C@H](c2ccccc2)S(=O)(=O)CCCCCCCCCCCC(C)F)c(C)c(C)c1O. The van der Waals surface area contributed by atoms with Crippen LogP contribution in [-0.2, 0) is 21.1 Å². The summed E-state index contributed by atoms with van der Waals surface area (Å²) in [6.07, 6.45) is 8.77. The second-order valence-corrected chi connectivity index (χ2v) is 12.7. The third-order valence-corrected chi connectivity index (χ3v) is 9.42. The predicted octanol–water partition coefficient (Wildman–Crippen LogP) is 7.84. The molecule has 1 unspecified atom stereocenters. The zero-order valence-electron chi connectivity index (χ0n) is 23.1. The molecule has 0 saturated heterocycles. The van der Waals surface area contributed by atoms with Crippen LogP contribution < -0.4 is 0 Å². The fourth-order valence-electron chi connectivity index (χ4n) is 4.92. The van der Waals surface area contributed by atoms with E-state index in [1.807, 2.05) is 19.9 Å². The summed E-state index contributed by atoms with van der Waals surface area (Å²) in [5, 5.41) is 9.02. The third kappa shape index (κ3) is 9.88. The van der Waals surface area contributed by atoms with E-state index >= 15 is 0 Å². The second-order valence-electron chi connectivity index (χ2n) is 10.5. The van der Waals surface area contributed by atoms with E-state index in [2.05, 4.69) is 0 Å². The van der Waals surface area contributed by atoms with E-state index in [0.29, 0.717) is 24.0 Å². The number of alkyl halides is 1. The van der Waals surface area contributed by atoms with Gasteiger partial charge in [0.25, 0.3) is 0 Å². The van der Waals surface area contributed by atoms with Crippen molar-refractivity contribution in [2.45, 2.75) is 110 Å². The van der Waals surface area contributed by atoms with E-state index in [0.717, 1.165) is 68.1 Å². The van der Waals surface area contributed by atoms with Crippen LogP contribution in [0, 0.1) is 20.8 Å². The average molecular weight is 533 g/mol. The van der Waals surface area contributed by atoms with Gasteiger partial charge >= 0.3 is 0 Å². The molecule has 0 spiro atoms. The Balaban J connectivity index is 1.94. The first-order valence-corrected chi connectivity index (χ1v) is 15.5. The molecule has 1 N–H and O–H groups in total. The highest BCUT2D eigenvalue weighted by Crippen LogP contribution is 2.31. The Morgan fingerprint density at radius 3 is 1.97 bits per heavy atom. The zero-order valence-corrected chi connectivity index (χ0v) is 23.9. The Morgan fingerprint density at radius 1 is 0.865 bits per heavy atom. The van der Waals surface area contributed by atoms with Crippen molar-refractivity contribution >= 4 is 15.6 Å². The highest BCUT2D eigenvalue weighted by atomic mass is 32.2. The van der Waals surface area contributed by atoms with Crippen LogP contribution in [0.3, 0.4) is 0 Å². The summed E-state index contributed by atoms with van der Waals surface area (Å²) in [4.78, 5) is 13.5. The lowest BCUT2D eigenvalue weighted by Gasteiger charge is -2.19. The smallest absolute Gasteiger partial charge is 0.164 e. The number of carbonyl (C=O) groups excluding carboxylic acids is 1. The normalized spacial score (nSPS) is 13.4. The van der Waals surface area contributed by atoms with Gasteiger partial charge in [0.15, 0.2) is 15.6 Å². The summed E-state index contributed by atoms with van der Waals surface area (Å²) in [7, 11) is -3.68. The number of aryl methyl sites for hydroxylation is 1. The van der Waals surface area contributed by atoms with Gasteiger partial charge in [-0.05, 0) is 68.4 Å². The van der Waals surface area contributed by atoms with Gasteiger partial charge < -0.3 is 5.11 Å². The molecule has 4 nitrogen and oxygen atoms in total. The molecule has 2 atom stereocenters. The molecule has 0 aliphatic rings. The Bertz CT molecular complexity index is 1090. The highest BCUT2D eigenvalue weighted by Gasteiger charge is 2.33. The van der Waals surface area contributed by atoms with E-state index in [1.165, 1.54) is 0 Å². The number of phenols is 1. The number of ketones is 1. The Hall–Kier alpha value is -2.21. The Morgan fingerprint density at radius 2 is 1.41 bits per heavy atom. The van der Waals surface area contributed by atoms with Crippen molar-refractivity contribution in [3.05, 3.63) is 64.2 Å². The first-order chi connectivity index (χ1) is 17.5. The van der Waals surface area contributed by atoms with Gasteiger partial charge in [0.1, 0.15) is 11.0 Å². The molecule has 0 aliphatic carbocycles. The zero-order chi connectivity index (χ0) is 27.4. The molecule has 0 heterocycles. The van der Waals surface area contributed by atoms with Crippen LogP contribution in [-0.4, -0.2) is 31.2 Å². The lowest BCUT2D eigenvalue weighted by atomic mass is 9.94. The molecule has 0 amide bonds. The predicted molar refractivity (Wildman–Crippen MR) is 151 cm³/mol. The molecular weight excluding hydrogens is 487 g/mol. The van der Waals surface area contributed by atoms with Gasteiger partial charge in [0, 0.05) is 6.42 Å². The summed E-state index contributed by atoms with van der Waals surface area (Å²) in [5.74, 6) is -0.125.